The number of hydrogen-bond donors (Lipinski definition) is 4. The number of hydrogen-bond acceptors (Lipinski definition) is 11. The number of para-hydroxylation sites is 1. The van der Waals surface area contributed by atoms with Gasteiger partial charge in [-0.05, 0) is 130 Å². The number of aliphatic carboxylic acids is 1. The average Bonchev–Trinajstić information content (AvgIpc) is 3.87. The third kappa shape index (κ3) is 5.18. The summed E-state index contributed by atoms with van der Waals surface area (Å²) in [6.45, 7) is 11.4. The number of carboxylic acids is 2. The molecule has 4 N–H and O–H groups in total. The van der Waals surface area contributed by atoms with Crippen molar-refractivity contribution in [3.8, 4) is 11.1 Å². The Kier molecular flexibility index (Phi) is 8.00. The summed E-state index contributed by atoms with van der Waals surface area (Å²) in [6, 6.07) is 11.8. The summed E-state index contributed by atoms with van der Waals surface area (Å²) in [6.07, 6.45) is 11.8. The zero-order chi connectivity index (χ0) is 39.5. The number of nitrogens with one attached hydrogen (secondary N) is 2. The van der Waals surface area contributed by atoms with Crippen LogP contribution in [0.25, 0.3) is 21.3 Å². The first-order valence-electron chi connectivity index (χ1n) is 20.3. The van der Waals surface area contributed by atoms with Crippen LogP contribution in [0.1, 0.15) is 92.5 Å². The van der Waals surface area contributed by atoms with E-state index in [0.717, 1.165) is 76.5 Å². The van der Waals surface area contributed by atoms with E-state index in [-0.39, 0.29) is 17.7 Å². The molecular weight excluding hydrogens is 739 g/mol. The van der Waals surface area contributed by atoms with Crippen molar-refractivity contribution in [2.45, 2.75) is 92.0 Å². The van der Waals surface area contributed by atoms with Gasteiger partial charge in [-0.2, -0.15) is 5.10 Å². The highest BCUT2D eigenvalue weighted by Gasteiger charge is 2.91. The predicted octanol–water partition coefficient (Wildman–Crippen LogP) is 7.92. The van der Waals surface area contributed by atoms with Gasteiger partial charge in [-0.1, -0.05) is 37.3 Å². The Balaban J connectivity index is 0.886. The number of carboxylic acid groups (broad SMARTS) is 2. The molecule has 1 spiro atoms. The molecule has 4 aromatic heterocycles. The van der Waals surface area contributed by atoms with E-state index in [2.05, 4.69) is 52.4 Å². The summed E-state index contributed by atoms with van der Waals surface area (Å²) in [5.74, 6) is 0.00809. The molecule has 0 radical (unpaired) electrons. The second kappa shape index (κ2) is 12.5. The van der Waals surface area contributed by atoms with Crippen molar-refractivity contribution >= 4 is 56.1 Å². The van der Waals surface area contributed by atoms with E-state index in [1.165, 1.54) is 32.1 Å². The molecule has 1 aromatic carbocycles. The van der Waals surface area contributed by atoms with Crippen LogP contribution in [-0.2, 0) is 17.8 Å². The molecule has 2 atom stereocenters. The first-order valence-corrected chi connectivity index (χ1v) is 21.1. The van der Waals surface area contributed by atoms with Crippen LogP contribution < -0.4 is 15.5 Å². The summed E-state index contributed by atoms with van der Waals surface area (Å²) in [5, 5.41) is 41.0. The predicted molar refractivity (Wildman–Crippen MR) is 218 cm³/mol. The first kappa shape index (κ1) is 36.4. The van der Waals surface area contributed by atoms with Gasteiger partial charge in [-0.3, -0.25) is 9.48 Å². The molecular formula is C43H49N9O4S. The summed E-state index contributed by atoms with van der Waals surface area (Å²) in [7, 11) is 0. The van der Waals surface area contributed by atoms with Crippen LogP contribution in [0.3, 0.4) is 0 Å². The molecule has 2 bridgehead atoms. The lowest BCUT2D eigenvalue weighted by Gasteiger charge is -2.84. The van der Waals surface area contributed by atoms with Crippen molar-refractivity contribution in [3.05, 3.63) is 65.1 Å². The minimum atomic E-state index is -1.08. The van der Waals surface area contributed by atoms with Gasteiger partial charge in [0.2, 0.25) is 0 Å². The van der Waals surface area contributed by atoms with Crippen molar-refractivity contribution in [1.82, 2.24) is 35.3 Å². The third-order valence-corrected chi connectivity index (χ3v) is 16.0. The molecule has 4 saturated carbocycles. The molecule has 4 fully saturated rings. The van der Waals surface area contributed by atoms with E-state index in [0.29, 0.717) is 51.2 Å². The molecule has 5 aliphatic rings. The van der Waals surface area contributed by atoms with Crippen LogP contribution in [-0.4, -0.2) is 71.7 Å². The maximum absolute atomic E-state index is 12.9. The Morgan fingerprint density at radius 1 is 0.947 bits per heavy atom. The van der Waals surface area contributed by atoms with Crippen LogP contribution in [0.4, 0.5) is 22.6 Å². The first-order chi connectivity index (χ1) is 27.3. The lowest BCUT2D eigenvalue weighted by molar-refractivity contribution is -0.357. The Bertz CT molecular complexity index is 2440. The van der Waals surface area contributed by atoms with Gasteiger partial charge in [0.25, 0.3) is 0 Å². The van der Waals surface area contributed by atoms with Gasteiger partial charge in [0.1, 0.15) is 5.82 Å². The molecule has 296 valence electrons. The maximum atomic E-state index is 12.9. The van der Waals surface area contributed by atoms with Crippen LogP contribution >= 0.6 is 11.3 Å². The second-order valence-electron chi connectivity index (χ2n) is 18.4. The van der Waals surface area contributed by atoms with Crippen molar-refractivity contribution in [3.63, 3.8) is 0 Å². The van der Waals surface area contributed by atoms with Gasteiger partial charge in [0.15, 0.2) is 22.5 Å². The Morgan fingerprint density at radius 3 is 2.49 bits per heavy atom. The summed E-state index contributed by atoms with van der Waals surface area (Å²) >= 11 is 1.57. The standard InChI is InChI=1S/C43H49N9O4S/c1-25-27-9-7-16-51(36(27)50-49-35(25)48-38-46-30-10-5-6-11-31(30)57-38)32-13-12-28(34(47-32)37(55)56)29-17-45-52(26(29)2)24-41-19-39(3)21-42(14-8-15-44-18-33(53)54)22-40(4,20-41)43(39,42)23-41/h5-6,10-13,17,44H,7-9,14-16,18-24H2,1-4H3,(H,53,54)(H,55,56)(H,46,48,49). The number of fused-ring (bicyclic) bond motifs is 3. The van der Waals surface area contributed by atoms with Gasteiger partial charge in [-0.15, -0.1) is 10.2 Å². The van der Waals surface area contributed by atoms with Crippen molar-refractivity contribution < 1.29 is 19.8 Å². The van der Waals surface area contributed by atoms with Crippen molar-refractivity contribution in [2.24, 2.45) is 27.1 Å². The van der Waals surface area contributed by atoms with Gasteiger partial charge in [-0.25, -0.2) is 14.8 Å². The lowest BCUT2D eigenvalue weighted by Crippen LogP contribution is -2.77. The number of carbonyl (C=O) groups is 2. The minimum absolute atomic E-state index is 0.00129. The Morgan fingerprint density at radius 2 is 1.74 bits per heavy atom. The average molecular weight is 788 g/mol. The number of nitrogens with zero attached hydrogens (tertiary/aromatic N) is 7. The summed E-state index contributed by atoms with van der Waals surface area (Å²) in [4.78, 5) is 35.4. The van der Waals surface area contributed by atoms with Gasteiger partial charge in [0, 0.05) is 41.0 Å². The SMILES string of the molecule is Cc1c(Nc2nc3ccccc3s2)nnc2c1CCCN2c1ccc(-c2cnn(CC34CC5(C)CC6(CCCNCC(=O)O)CC(C)(C3)C56C4)c2C)c(C(=O)O)n1. The molecule has 1 aliphatic heterocycles. The number of rotatable bonds is 13. The second-order valence-corrected chi connectivity index (χ2v) is 19.4. The molecule has 0 amide bonds. The minimum Gasteiger partial charge on any atom is -0.480 e. The molecule has 10 rings (SSSR count). The Labute approximate surface area is 335 Å². The van der Waals surface area contributed by atoms with E-state index in [4.69, 9.17) is 20.2 Å². The van der Waals surface area contributed by atoms with Crippen molar-refractivity contribution in [1.29, 1.82) is 0 Å². The number of anilines is 4. The number of aromatic carboxylic acids is 1. The highest BCUT2D eigenvalue weighted by Crippen LogP contribution is 2.98. The number of aromatic nitrogens is 6. The molecule has 5 aromatic rings. The smallest absolute Gasteiger partial charge is 0.355 e. The molecule has 13 nitrogen and oxygen atoms in total. The molecule has 0 saturated heterocycles. The van der Waals surface area contributed by atoms with Gasteiger partial charge < -0.3 is 25.7 Å². The quantitative estimate of drug-likeness (QED) is 0.0852. The largest absolute Gasteiger partial charge is 0.480 e. The van der Waals surface area contributed by atoms with Gasteiger partial charge >= 0.3 is 11.9 Å². The van der Waals surface area contributed by atoms with E-state index in [1.54, 1.807) is 11.3 Å². The number of pyridine rings is 1. The van der Waals surface area contributed by atoms with Gasteiger partial charge in [0.05, 0.1) is 23.0 Å². The fourth-order valence-corrected chi connectivity index (χ4v) is 14.7. The highest BCUT2D eigenvalue weighted by atomic mass is 32.1. The zero-order valence-electron chi connectivity index (χ0n) is 33.0. The van der Waals surface area contributed by atoms with Crippen LogP contribution in [0.15, 0.2) is 42.6 Å². The number of thiazole rings is 1. The monoisotopic (exact) mass is 787 g/mol. The fourth-order valence-electron chi connectivity index (χ4n) is 13.8. The van der Waals surface area contributed by atoms with E-state index in [9.17, 15) is 14.7 Å². The molecule has 4 aliphatic carbocycles. The van der Waals surface area contributed by atoms with Crippen LogP contribution in [0.5, 0.6) is 0 Å². The normalized spacial score (nSPS) is 29.2. The molecule has 5 heterocycles. The summed E-state index contributed by atoms with van der Waals surface area (Å²) < 4.78 is 3.23. The molecule has 57 heavy (non-hydrogen) atoms. The van der Waals surface area contributed by atoms with E-state index < -0.39 is 11.9 Å². The van der Waals surface area contributed by atoms with E-state index >= 15 is 0 Å². The van der Waals surface area contributed by atoms with Crippen LogP contribution in [0.2, 0.25) is 0 Å². The van der Waals surface area contributed by atoms with Crippen molar-refractivity contribution in [2.75, 3.05) is 29.9 Å². The highest BCUT2D eigenvalue weighted by molar-refractivity contribution is 7.22. The topological polar surface area (TPSA) is 171 Å². The lowest BCUT2D eigenvalue weighted by atomic mass is 9.20. The van der Waals surface area contributed by atoms with E-state index in [1.807, 2.05) is 48.4 Å². The van der Waals surface area contributed by atoms with Crippen LogP contribution in [0, 0.1) is 40.9 Å². The molecule has 2 unspecified atom stereocenters. The Hall–Kier alpha value is -4.95. The fraction of sp³-hybridized carbons (Fsp3) is 0.512. The third-order valence-electron chi connectivity index (χ3n) is 15.0. The molecule has 14 heteroatoms. The number of benzene rings is 1. The summed E-state index contributed by atoms with van der Waals surface area (Å²) in [5.41, 5.74) is 6.79. The zero-order valence-corrected chi connectivity index (χ0v) is 33.8. The maximum Gasteiger partial charge on any atom is 0.355 e.